The second-order valence-corrected chi connectivity index (χ2v) is 6.01. The van der Waals surface area contributed by atoms with Gasteiger partial charge in [-0.15, -0.1) is 12.4 Å². The Hall–Kier alpha value is -1.79. The second kappa shape index (κ2) is 10.2. The van der Waals surface area contributed by atoms with E-state index in [0.29, 0.717) is 23.7 Å². The highest BCUT2D eigenvalue weighted by Gasteiger charge is 2.18. The number of carbonyl (C=O) groups excluding carboxylic acids is 2. The smallest absolute Gasteiger partial charge is 0.344 e. The van der Waals surface area contributed by atoms with Crippen molar-refractivity contribution in [2.75, 3.05) is 19.8 Å². The maximum atomic E-state index is 11.7. The highest BCUT2D eigenvalue weighted by atomic mass is 35.5. The van der Waals surface area contributed by atoms with Gasteiger partial charge in [-0.25, -0.2) is 4.79 Å². The van der Waals surface area contributed by atoms with Gasteiger partial charge in [0.15, 0.2) is 23.9 Å². The Morgan fingerprint density at radius 1 is 1.12 bits per heavy atom. The van der Waals surface area contributed by atoms with Crippen molar-refractivity contribution >= 4 is 24.2 Å². The lowest BCUT2D eigenvalue weighted by atomic mass is 10.1. The quantitative estimate of drug-likeness (QED) is 0.567. The fraction of sp³-hybridized carbons (Fsp3) is 0.529. The molecule has 1 aromatic rings. The van der Waals surface area contributed by atoms with Crippen LogP contribution in [0.25, 0.3) is 0 Å². The lowest BCUT2D eigenvalue weighted by Crippen LogP contribution is -2.27. The van der Waals surface area contributed by atoms with Crippen LogP contribution in [-0.2, 0) is 9.53 Å². The van der Waals surface area contributed by atoms with Crippen molar-refractivity contribution in [2.45, 2.75) is 39.7 Å². The van der Waals surface area contributed by atoms with Crippen LogP contribution >= 0.6 is 12.4 Å². The summed E-state index contributed by atoms with van der Waals surface area (Å²) in [6, 6.07) is 4.77. The van der Waals surface area contributed by atoms with Crippen LogP contribution in [0.2, 0.25) is 0 Å². The molecule has 2 N–H and O–H groups in total. The molecule has 0 aromatic heterocycles. The van der Waals surface area contributed by atoms with Gasteiger partial charge in [-0.05, 0) is 45.4 Å². The molecule has 1 aromatic carbocycles. The zero-order valence-corrected chi connectivity index (χ0v) is 15.4. The van der Waals surface area contributed by atoms with Gasteiger partial charge in [0.1, 0.15) is 5.60 Å². The zero-order valence-electron chi connectivity index (χ0n) is 14.6. The Kier molecular flexibility index (Phi) is 9.40. The van der Waals surface area contributed by atoms with Crippen molar-refractivity contribution in [1.29, 1.82) is 0 Å². The molecular formula is C17H26ClNO5. The minimum absolute atomic E-state index is 0. The first-order valence-corrected chi connectivity index (χ1v) is 7.61. The monoisotopic (exact) mass is 359 g/mol. The Morgan fingerprint density at radius 2 is 1.79 bits per heavy atom. The van der Waals surface area contributed by atoms with Gasteiger partial charge < -0.3 is 19.9 Å². The maximum absolute atomic E-state index is 11.7. The third kappa shape index (κ3) is 7.66. The molecule has 0 atom stereocenters. The number of hydrogen-bond acceptors (Lipinski definition) is 6. The molecule has 0 saturated carbocycles. The van der Waals surface area contributed by atoms with Crippen LogP contribution in [0.5, 0.6) is 11.5 Å². The number of carbonyl (C=O) groups is 2. The SMILES string of the molecule is CCCOc1cc(C(=O)CN)ccc1OCC(=O)OC(C)(C)C.Cl. The molecule has 6 nitrogen and oxygen atoms in total. The number of halogens is 1. The highest BCUT2D eigenvalue weighted by molar-refractivity contribution is 5.98. The van der Waals surface area contributed by atoms with Crippen LogP contribution in [0.3, 0.4) is 0 Å². The van der Waals surface area contributed by atoms with Crippen LogP contribution in [0.1, 0.15) is 44.5 Å². The Morgan fingerprint density at radius 3 is 2.33 bits per heavy atom. The largest absolute Gasteiger partial charge is 0.490 e. The molecule has 7 heteroatoms. The van der Waals surface area contributed by atoms with Crippen molar-refractivity contribution in [3.8, 4) is 11.5 Å². The van der Waals surface area contributed by atoms with Crippen LogP contribution < -0.4 is 15.2 Å². The molecule has 0 amide bonds. The number of Topliss-reactive ketones (excluding diaryl/α,β-unsaturated/α-hetero) is 1. The predicted molar refractivity (Wildman–Crippen MR) is 94.2 cm³/mol. The fourth-order valence-corrected chi connectivity index (χ4v) is 1.75. The van der Waals surface area contributed by atoms with Crippen LogP contribution in [0.4, 0.5) is 0 Å². The molecule has 136 valence electrons. The predicted octanol–water partition coefficient (Wildman–Crippen LogP) is 2.76. The molecule has 0 heterocycles. The number of esters is 1. The number of ketones is 1. The van der Waals surface area contributed by atoms with E-state index in [9.17, 15) is 9.59 Å². The summed E-state index contributed by atoms with van der Waals surface area (Å²) in [5, 5.41) is 0. The van der Waals surface area contributed by atoms with Crippen molar-refractivity contribution in [2.24, 2.45) is 5.73 Å². The van der Waals surface area contributed by atoms with Gasteiger partial charge in [-0.2, -0.15) is 0 Å². The number of ether oxygens (including phenoxy) is 3. The van der Waals surface area contributed by atoms with E-state index in [-0.39, 0.29) is 31.3 Å². The third-order valence-corrected chi connectivity index (χ3v) is 2.68. The molecule has 0 spiro atoms. The van der Waals surface area contributed by atoms with Gasteiger partial charge in [0.25, 0.3) is 0 Å². The summed E-state index contributed by atoms with van der Waals surface area (Å²) in [5.74, 6) is 0.138. The zero-order chi connectivity index (χ0) is 17.5. The lowest BCUT2D eigenvalue weighted by molar-refractivity contribution is -0.157. The van der Waals surface area contributed by atoms with Crippen molar-refractivity contribution in [1.82, 2.24) is 0 Å². The van der Waals surface area contributed by atoms with Gasteiger partial charge in [-0.1, -0.05) is 6.92 Å². The molecule has 0 aliphatic rings. The molecule has 1 rings (SSSR count). The molecule has 0 radical (unpaired) electrons. The van der Waals surface area contributed by atoms with E-state index >= 15 is 0 Å². The Balaban J connectivity index is 0.00000529. The van der Waals surface area contributed by atoms with E-state index in [1.54, 1.807) is 39.0 Å². The summed E-state index contributed by atoms with van der Waals surface area (Å²) < 4.78 is 16.2. The Labute approximate surface area is 149 Å². The van der Waals surface area contributed by atoms with Crippen molar-refractivity contribution in [3.63, 3.8) is 0 Å². The lowest BCUT2D eigenvalue weighted by Gasteiger charge is -2.20. The summed E-state index contributed by atoms with van der Waals surface area (Å²) in [4.78, 5) is 23.4. The maximum Gasteiger partial charge on any atom is 0.344 e. The van der Waals surface area contributed by atoms with Crippen molar-refractivity contribution < 1.29 is 23.8 Å². The first-order valence-electron chi connectivity index (χ1n) is 7.61. The summed E-state index contributed by atoms with van der Waals surface area (Å²) >= 11 is 0. The average molecular weight is 360 g/mol. The third-order valence-electron chi connectivity index (χ3n) is 2.68. The molecule has 0 bridgehead atoms. The van der Waals surface area contributed by atoms with Crippen LogP contribution in [0, 0.1) is 0 Å². The van der Waals surface area contributed by atoms with E-state index < -0.39 is 11.6 Å². The van der Waals surface area contributed by atoms with Gasteiger partial charge in [0.05, 0.1) is 13.2 Å². The molecule has 0 aliphatic heterocycles. The summed E-state index contributed by atoms with van der Waals surface area (Å²) in [6.07, 6.45) is 0.806. The molecule has 0 aliphatic carbocycles. The average Bonchev–Trinajstić information content (AvgIpc) is 2.48. The second-order valence-electron chi connectivity index (χ2n) is 6.01. The summed E-state index contributed by atoms with van der Waals surface area (Å²) in [5.41, 5.74) is 5.24. The highest BCUT2D eigenvalue weighted by Crippen LogP contribution is 2.29. The van der Waals surface area contributed by atoms with Gasteiger partial charge in [0.2, 0.25) is 0 Å². The number of nitrogens with two attached hydrogens (primary N) is 1. The van der Waals surface area contributed by atoms with E-state index in [1.165, 1.54) is 0 Å². The minimum atomic E-state index is -0.570. The van der Waals surface area contributed by atoms with Gasteiger partial charge in [-0.3, -0.25) is 4.79 Å². The molecule has 0 saturated heterocycles. The number of rotatable bonds is 8. The fourth-order valence-electron chi connectivity index (χ4n) is 1.75. The topological polar surface area (TPSA) is 87.9 Å². The minimum Gasteiger partial charge on any atom is -0.490 e. The normalized spacial score (nSPS) is 10.5. The molecule has 0 fully saturated rings. The number of hydrogen-bond donors (Lipinski definition) is 1. The standard InChI is InChI=1S/C17H25NO5.ClH/c1-5-8-21-15-9-12(13(19)10-18)6-7-14(15)22-11-16(20)23-17(2,3)4;/h6-7,9H,5,8,10-11,18H2,1-4H3;1H. The van der Waals surface area contributed by atoms with E-state index in [0.717, 1.165) is 6.42 Å². The first kappa shape index (κ1) is 22.2. The number of benzene rings is 1. The summed E-state index contributed by atoms with van der Waals surface area (Å²) in [6.45, 7) is 7.49. The van der Waals surface area contributed by atoms with Crippen LogP contribution in [-0.4, -0.2) is 37.1 Å². The summed E-state index contributed by atoms with van der Waals surface area (Å²) in [7, 11) is 0. The van der Waals surface area contributed by atoms with E-state index in [2.05, 4.69) is 0 Å². The molecular weight excluding hydrogens is 334 g/mol. The molecule has 0 unspecified atom stereocenters. The Bertz CT molecular complexity index is 554. The van der Waals surface area contributed by atoms with Crippen LogP contribution in [0.15, 0.2) is 18.2 Å². The molecule has 24 heavy (non-hydrogen) atoms. The van der Waals surface area contributed by atoms with Gasteiger partial charge in [0, 0.05) is 5.56 Å². The van der Waals surface area contributed by atoms with E-state index in [4.69, 9.17) is 19.9 Å². The first-order chi connectivity index (χ1) is 10.8. The van der Waals surface area contributed by atoms with Crippen molar-refractivity contribution in [3.05, 3.63) is 23.8 Å². The van der Waals surface area contributed by atoms with Gasteiger partial charge >= 0.3 is 5.97 Å². The van der Waals surface area contributed by atoms with E-state index in [1.807, 2.05) is 6.92 Å².